The predicted octanol–water partition coefficient (Wildman–Crippen LogP) is 1.83. The first-order chi connectivity index (χ1) is 8.47. The summed E-state index contributed by atoms with van der Waals surface area (Å²) in [6, 6.07) is 4.36. The Labute approximate surface area is 107 Å². The fourth-order valence-electron chi connectivity index (χ4n) is 1.64. The minimum atomic E-state index is -0.931. The van der Waals surface area contributed by atoms with Crippen LogP contribution in [0.15, 0.2) is 18.2 Å². The number of nitrogens with one attached hydrogen (secondary N) is 1. The Hall–Kier alpha value is -1.75. The van der Waals surface area contributed by atoms with E-state index in [0.717, 1.165) is 0 Å². The van der Waals surface area contributed by atoms with Gasteiger partial charge in [-0.1, -0.05) is 0 Å². The number of ether oxygens (including phenoxy) is 2. The molecule has 0 amide bonds. The van der Waals surface area contributed by atoms with E-state index >= 15 is 0 Å². The average Bonchev–Trinajstić information content (AvgIpc) is 2.34. The minimum absolute atomic E-state index is 0.0586. The zero-order chi connectivity index (χ0) is 13.7. The van der Waals surface area contributed by atoms with E-state index in [1.807, 2.05) is 13.8 Å². The Morgan fingerprint density at radius 1 is 1.17 bits per heavy atom. The number of rotatable bonds is 6. The molecule has 5 nitrogen and oxygen atoms in total. The van der Waals surface area contributed by atoms with Crippen molar-refractivity contribution in [2.45, 2.75) is 25.9 Å². The fourth-order valence-corrected chi connectivity index (χ4v) is 1.64. The van der Waals surface area contributed by atoms with E-state index in [-0.39, 0.29) is 6.04 Å². The summed E-state index contributed by atoms with van der Waals surface area (Å²) < 4.78 is 10.3. The van der Waals surface area contributed by atoms with Crippen molar-refractivity contribution < 1.29 is 19.4 Å². The molecule has 1 aromatic rings. The van der Waals surface area contributed by atoms with Crippen LogP contribution in [0.5, 0.6) is 11.5 Å². The van der Waals surface area contributed by atoms with Crippen LogP contribution in [-0.2, 0) is 4.79 Å². The Kier molecular flexibility index (Phi) is 4.97. The van der Waals surface area contributed by atoms with Crippen molar-refractivity contribution in [1.82, 2.24) is 5.32 Å². The predicted molar refractivity (Wildman–Crippen MR) is 68.2 cm³/mol. The smallest absolute Gasteiger partial charge is 0.325 e. The van der Waals surface area contributed by atoms with Gasteiger partial charge in [-0.25, -0.2) is 0 Å². The molecule has 0 heterocycles. The van der Waals surface area contributed by atoms with E-state index in [1.54, 1.807) is 18.2 Å². The van der Waals surface area contributed by atoms with Gasteiger partial charge >= 0.3 is 5.97 Å². The molecule has 0 aromatic heterocycles. The highest BCUT2D eigenvalue weighted by atomic mass is 16.5. The molecule has 0 bridgehead atoms. The second kappa shape index (κ2) is 6.26. The summed E-state index contributed by atoms with van der Waals surface area (Å²) in [7, 11) is 3.06. The molecule has 5 heteroatoms. The molecule has 0 saturated heterocycles. The van der Waals surface area contributed by atoms with Crippen molar-refractivity contribution in [1.29, 1.82) is 0 Å². The molecule has 0 aliphatic rings. The van der Waals surface area contributed by atoms with Gasteiger partial charge < -0.3 is 14.6 Å². The van der Waals surface area contributed by atoms with Crippen molar-refractivity contribution >= 4 is 5.97 Å². The van der Waals surface area contributed by atoms with Crippen molar-refractivity contribution in [3.8, 4) is 11.5 Å². The van der Waals surface area contributed by atoms with Crippen molar-refractivity contribution in [2.24, 2.45) is 0 Å². The molecular formula is C13H19NO4. The SMILES string of the molecule is COc1cc(OC)cc(C(NC(C)C)C(=O)O)c1. The van der Waals surface area contributed by atoms with E-state index < -0.39 is 12.0 Å². The van der Waals surface area contributed by atoms with Crippen LogP contribution in [0.25, 0.3) is 0 Å². The Bertz CT molecular complexity index is 395. The van der Waals surface area contributed by atoms with Gasteiger partial charge in [-0.05, 0) is 31.5 Å². The third kappa shape index (κ3) is 3.63. The molecule has 0 aliphatic carbocycles. The Morgan fingerprint density at radius 3 is 2.00 bits per heavy atom. The van der Waals surface area contributed by atoms with Crippen LogP contribution in [0, 0.1) is 0 Å². The number of aliphatic carboxylic acids is 1. The molecule has 1 aromatic carbocycles. The molecule has 0 fully saturated rings. The van der Waals surface area contributed by atoms with Crippen molar-refractivity contribution in [2.75, 3.05) is 14.2 Å². The largest absolute Gasteiger partial charge is 0.497 e. The standard InChI is InChI=1S/C13H19NO4/c1-8(2)14-12(13(15)16)9-5-10(17-3)7-11(6-9)18-4/h5-8,12,14H,1-4H3,(H,15,16). The van der Waals surface area contributed by atoms with Gasteiger partial charge in [-0.3, -0.25) is 10.1 Å². The van der Waals surface area contributed by atoms with Gasteiger partial charge in [0.15, 0.2) is 0 Å². The van der Waals surface area contributed by atoms with Gasteiger partial charge in [-0.15, -0.1) is 0 Å². The summed E-state index contributed by atoms with van der Waals surface area (Å²) >= 11 is 0. The molecule has 2 N–H and O–H groups in total. The monoisotopic (exact) mass is 253 g/mol. The number of hydrogen-bond acceptors (Lipinski definition) is 4. The summed E-state index contributed by atoms with van der Waals surface area (Å²) in [5, 5.41) is 12.2. The molecule has 100 valence electrons. The number of carbonyl (C=O) groups is 1. The van der Waals surface area contributed by atoms with Gasteiger partial charge in [-0.2, -0.15) is 0 Å². The molecule has 0 aliphatic heterocycles. The van der Waals surface area contributed by atoms with E-state index in [2.05, 4.69) is 5.32 Å². The molecule has 1 rings (SSSR count). The Balaban J connectivity index is 3.14. The lowest BCUT2D eigenvalue weighted by atomic mass is 10.1. The molecule has 0 saturated carbocycles. The highest BCUT2D eigenvalue weighted by Gasteiger charge is 2.21. The van der Waals surface area contributed by atoms with E-state index in [4.69, 9.17) is 9.47 Å². The number of benzene rings is 1. The zero-order valence-electron chi connectivity index (χ0n) is 11.1. The molecule has 0 spiro atoms. The van der Waals surface area contributed by atoms with Crippen molar-refractivity contribution in [3.05, 3.63) is 23.8 Å². The first-order valence-electron chi connectivity index (χ1n) is 5.69. The van der Waals surface area contributed by atoms with Crippen LogP contribution in [0.4, 0.5) is 0 Å². The maximum atomic E-state index is 11.3. The van der Waals surface area contributed by atoms with Crippen LogP contribution in [0.3, 0.4) is 0 Å². The summed E-state index contributed by atoms with van der Waals surface area (Å²) in [4.78, 5) is 11.3. The van der Waals surface area contributed by atoms with E-state index in [0.29, 0.717) is 17.1 Å². The van der Waals surface area contributed by atoms with Crippen molar-refractivity contribution in [3.63, 3.8) is 0 Å². The molecule has 1 atom stereocenters. The van der Waals surface area contributed by atoms with Gasteiger partial charge in [0.2, 0.25) is 0 Å². The van der Waals surface area contributed by atoms with Gasteiger partial charge in [0.1, 0.15) is 17.5 Å². The summed E-state index contributed by atoms with van der Waals surface area (Å²) in [5.41, 5.74) is 0.604. The molecule has 0 radical (unpaired) electrons. The first-order valence-corrected chi connectivity index (χ1v) is 5.69. The van der Waals surface area contributed by atoms with Gasteiger partial charge in [0.25, 0.3) is 0 Å². The number of hydrogen-bond donors (Lipinski definition) is 2. The third-order valence-corrected chi connectivity index (χ3v) is 2.45. The maximum Gasteiger partial charge on any atom is 0.325 e. The normalized spacial score (nSPS) is 12.3. The maximum absolute atomic E-state index is 11.3. The van der Waals surface area contributed by atoms with Crippen LogP contribution < -0.4 is 14.8 Å². The number of methoxy groups -OCH3 is 2. The number of carboxylic acid groups (broad SMARTS) is 1. The second-order valence-electron chi connectivity index (χ2n) is 4.24. The summed E-state index contributed by atoms with van der Waals surface area (Å²) in [5.74, 6) is 0.210. The minimum Gasteiger partial charge on any atom is -0.497 e. The first kappa shape index (κ1) is 14.3. The van der Waals surface area contributed by atoms with Gasteiger partial charge in [0.05, 0.1) is 14.2 Å². The lowest BCUT2D eigenvalue weighted by Crippen LogP contribution is -2.33. The second-order valence-corrected chi connectivity index (χ2v) is 4.24. The van der Waals surface area contributed by atoms with E-state index in [1.165, 1.54) is 14.2 Å². The molecular weight excluding hydrogens is 234 g/mol. The van der Waals surface area contributed by atoms with Crippen LogP contribution in [0.2, 0.25) is 0 Å². The highest BCUT2D eigenvalue weighted by molar-refractivity contribution is 5.76. The number of carboxylic acids is 1. The highest BCUT2D eigenvalue weighted by Crippen LogP contribution is 2.26. The third-order valence-electron chi connectivity index (χ3n) is 2.45. The lowest BCUT2D eigenvalue weighted by molar-refractivity contribution is -0.139. The zero-order valence-corrected chi connectivity index (χ0v) is 11.1. The summed E-state index contributed by atoms with van der Waals surface area (Å²) in [6.07, 6.45) is 0. The van der Waals surface area contributed by atoms with Crippen LogP contribution in [-0.4, -0.2) is 31.3 Å². The molecule has 1 unspecified atom stereocenters. The molecule has 18 heavy (non-hydrogen) atoms. The van der Waals surface area contributed by atoms with Crippen LogP contribution in [0.1, 0.15) is 25.5 Å². The van der Waals surface area contributed by atoms with Gasteiger partial charge in [0, 0.05) is 12.1 Å². The average molecular weight is 253 g/mol. The quantitative estimate of drug-likeness (QED) is 0.809. The summed E-state index contributed by atoms with van der Waals surface area (Å²) in [6.45, 7) is 3.79. The van der Waals surface area contributed by atoms with Crippen LogP contribution >= 0.6 is 0 Å². The topological polar surface area (TPSA) is 67.8 Å². The van der Waals surface area contributed by atoms with E-state index in [9.17, 15) is 9.90 Å². The Morgan fingerprint density at radius 2 is 1.67 bits per heavy atom. The fraction of sp³-hybridized carbons (Fsp3) is 0.462. The lowest BCUT2D eigenvalue weighted by Gasteiger charge is -2.19.